The Labute approximate surface area is 110 Å². The van der Waals surface area contributed by atoms with Crippen LogP contribution in [0, 0.1) is 0 Å². The maximum Gasteiger partial charge on any atom is 0.407 e. The van der Waals surface area contributed by atoms with Crippen LogP contribution in [0.15, 0.2) is 18.2 Å². The lowest BCUT2D eigenvalue weighted by atomic mass is 10.0. The fourth-order valence-corrected chi connectivity index (χ4v) is 2.13. The number of ether oxygens (including phenoxy) is 2. The van der Waals surface area contributed by atoms with E-state index in [1.165, 1.54) is 7.11 Å². The summed E-state index contributed by atoms with van der Waals surface area (Å²) in [5, 5.41) is 0.835. The molecule has 1 rings (SSSR count). The van der Waals surface area contributed by atoms with E-state index < -0.39 is 11.9 Å². The molecule has 17 heavy (non-hydrogen) atoms. The molecule has 0 bridgehead atoms. The molecule has 1 unspecified atom stereocenters. The van der Waals surface area contributed by atoms with E-state index in [2.05, 4.69) is 0 Å². The number of carbonyl (C=O) groups is 1. The largest absolute Gasteiger partial charge is 0.413 e. The van der Waals surface area contributed by atoms with E-state index in [0.717, 1.165) is 0 Å². The Balaban J connectivity index is 3.25. The molecule has 0 aliphatic rings. The third-order valence-electron chi connectivity index (χ3n) is 2.40. The Hall–Kier alpha value is -0.970. The third kappa shape index (κ3) is 3.03. The topological polar surface area (TPSA) is 61.6 Å². The van der Waals surface area contributed by atoms with Crippen molar-refractivity contribution in [3.8, 4) is 0 Å². The molecule has 0 saturated carbocycles. The second-order valence-electron chi connectivity index (χ2n) is 3.36. The van der Waals surface area contributed by atoms with Gasteiger partial charge in [-0.2, -0.15) is 0 Å². The van der Waals surface area contributed by atoms with Crippen molar-refractivity contribution in [3.05, 3.63) is 33.8 Å². The van der Waals surface area contributed by atoms with Gasteiger partial charge in [-0.25, -0.2) is 4.79 Å². The monoisotopic (exact) mass is 277 g/mol. The number of benzene rings is 1. The number of methoxy groups -OCH3 is 1. The van der Waals surface area contributed by atoms with Crippen LogP contribution in [0.2, 0.25) is 10.0 Å². The van der Waals surface area contributed by atoms with Crippen molar-refractivity contribution in [3.63, 3.8) is 0 Å². The van der Waals surface area contributed by atoms with Gasteiger partial charge in [0.05, 0.1) is 5.02 Å². The number of carbonyl (C=O) groups excluding carboxylic acids is 1. The minimum absolute atomic E-state index is 0.349. The summed E-state index contributed by atoms with van der Waals surface area (Å²) >= 11 is 11.9. The molecule has 0 fully saturated rings. The zero-order valence-electron chi connectivity index (χ0n) is 9.50. The highest BCUT2D eigenvalue weighted by atomic mass is 35.5. The zero-order chi connectivity index (χ0) is 13.1. The molecule has 0 aliphatic heterocycles. The molecule has 1 atom stereocenters. The molecule has 2 N–H and O–H groups in total. The summed E-state index contributed by atoms with van der Waals surface area (Å²) < 4.78 is 10.3. The number of hydrogen-bond acceptors (Lipinski definition) is 3. The van der Waals surface area contributed by atoms with E-state index in [-0.39, 0.29) is 0 Å². The zero-order valence-corrected chi connectivity index (χ0v) is 11.0. The third-order valence-corrected chi connectivity index (χ3v) is 2.95. The summed E-state index contributed by atoms with van der Waals surface area (Å²) in [4.78, 5) is 10.9. The van der Waals surface area contributed by atoms with Crippen molar-refractivity contribution in [2.24, 2.45) is 5.73 Å². The van der Waals surface area contributed by atoms with Crippen LogP contribution >= 0.6 is 23.2 Å². The van der Waals surface area contributed by atoms with Crippen molar-refractivity contribution in [1.29, 1.82) is 0 Å². The first-order valence-corrected chi connectivity index (χ1v) is 5.70. The summed E-state index contributed by atoms with van der Waals surface area (Å²) in [6, 6.07) is 4.82. The molecule has 1 aromatic carbocycles. The van der Waals surface area contributed by atoms with E-state index in [4.69, 9.17) is 38.4 Å². The molecule has 1 amide bonds. The molecule has 0 aliphatic carbocycles. The van der Waals surface area contributed by atoms with Gasteiger partial charge in [-0.05, 0) is 18.2 Å². The maximum absolute atomic E-state index is 10.9. The maximum atomic E-state index is 10.9. The van der Waals surface area contributed by atoms with Gasteiger partial charge in [0.15, 0.2) is 0 Å². The van der Waals surface area contributed by atoms with E-state index in [1.807, 2.05) is 0 Å². The van der Waals surface area contributed by atoms with E-state index >= 15 is 0 Å². The van der Waals surface area contributed by atoms with Gasteiger partial charge >= 0.3 is 6.09 Å². The van der Waals surface area contributed by atoms with Crippen molar-refractivity contribution in [2.45, 2.75) is 19.1 Å². The van der Waals surface area contributed by atoms with Gasteiger partial charge in [-0.15, -0.1) is 0 Å². The number of hydrogen-bond donors (Lipinski definition) is 1. The molecule has 0 radical (unpaired) electrons. The Morgan fingerprint density at radius 3 is 2.53 bits per heavy atom. The Morgan fingerprint density at radius 1 is 1.47 bits per heavy atom. The Bertz CT molecular complexity index is 419. The normalized spacial score (nSPS) is 14.1. The molecule has 6 heteroatoms. The number of amides is 1. The van der Waals surface area contributed by atoms with Gasteiger partial charge in [0, 0.05) is 24.1 Å². The summed E-state index contributed by atoms with van der Waals surface area (Å²) in [5.41, 5.74) is 5.54. The van der Waals surface area contributed by atoms with Gasteiger partial charge in [0.2, 0.25) is 5.79 Å². The van der Waals surface area contributed by atoms with E-state index in [9.17, 15) is 4.79 Å². The fourth-order valence-electron chi connectivity index (χ4n) is 1.57. The van der Waals surface area contributed by atoms with E-state index in [0.29, 0.717) is 22.0 Å². The van der Waals surface area contributed by atoms with Gasteiger partial charge in [0.25, 0.3) is 0 Å². The summed E-state index contributed by atoms with van der Waals surface area (Å²) in [7, 11) is 1.41. The molecular weight excluding hydrogens is 265 g/mol. The predicted octanol–water partition coefficient (Wildman–Crippen LogP) is 3.30. The smallest absolute Gasteiger partial charge is 0.407 e. The van der Waals surface area contributed by atoms with Crippen LogP contribution < -0.4 is 5.73 Å². The van der Waals surface area contributed by atoms with Crippen LogP contribution in [0.5, 0.6) is 0 Å². The average molecular weight is 278 g/mol. The van der Waals surface area contributed by atoms with Crippen molar-refractivity contribution < 1.29 is 14.3 Å². The van der Waals surface area contributed by atoms with Crippen LogP contribution in [0.25, 0.3) is 0 Å². The molecule has 0 aromatic heterocycles. The lowest BCUT2D eigenvalue weighted by molar-refractivity contribution is -0.193. The van der Waals surface area contributed by atoms with Crippen LogP contribution in [0.3, 0.4) is 0 Å². The van der Waals surface area contributed by atoms with E-state index in [1.54, 1.807) is 25.1 Å². The highest BCUT2D eigenvalue weighted by Gasteiger charge is 2.36. The molecule has 4 nitrogen and oxygen atoms in total. The number of primary amides is 1. The Morgan fingerprint density at radius 2 is 2.12 bits per heavy atom. The first-order chi connectivity index (χ1) is 7.95. The van der Waals surface area contributed by atoms with Crippen molar-refractivity contribution in [1.82, 2.24) is 0 Å². The molecule has 0 spiro atoms. The standard InChI is InChI=1S/C11H13Cl2NO3/c1-3-11(16-2,17-10(14)15)8-5-4-7(12)6-9(8)13/h4-6H,3H2,1-2H3,(H2,14,15). The van der Waals surface area contributed by atoms with Crippen molar-refractivity contribution in [2.75, 3.05) is 7.11 Å². The van der Waals surface area contributed by atoms with Crippen LogP contribution in [0.1, 0.15) is 18.9 Å². The van der Waals surface area contributed by atoms with Gasteiger partial charge in [-0.1, -0.05) is 30.1 Å². The highest BCUT2D eigenvalue weighted by molar-refractivity contribution is 6.35. The minimum atomic E-state index is -1.28. The lowest BCUT2D eigenvalue weighted by Crippen LogP contribution is -2.36. The second kappa shape index (κ2) is 5.58. The van der Waals surface area contributed by atoms with Crippen molar-refractivity contribution >= 4 is 29.3 Å². The second-order valence-corrected chi connectivity index (χ2v) is 4.20. The first-order valence-electron chi connectivity index (χ1n) is 4.94. The fraction of sp³-hybridized carbons (Fsp3) is 0.364. The lowest BCUT2D eigenvalue weighted by Gasteiger charge is -2.31. The highest BCUT2D eigenvalue weighted by Crippen LogP contribution is 2.36. The molecule has 1 aromatic rings. The summed E-state index contributed by atoms with van der Waals surface area (Å²) in [6.45, 7) is 1.79. The van der Waals surface area contributed by atoms with Crippen LogP contribution in [0.4, 0.5) is 4.79 Å². The Kier molecular flexibility index (Phi) is 4.62. The minimum Gasteiger partial charge on any atom is -0.413 e. The SMILES string of the molecule is CCC(OC)(OC(N)=O)c1ccc(Cl)cc1Cl. The average Bonchev–Trinajstić information content (AvgIpc) is 2.26. The first kappa shape index (κ1) is 14.1. The number of halogens is 2. The summed E-state index contributed by atoms with van der Waals surface area (Å²) in [5.74, 6) is -1.28. The quantitative estimate of drug-likeness (QED) is 0.859. The number of rotatable bonds is 4. The van der Waals surface area contributed by atoms with Gasteiger partial charge < -0.3 is 15.2 Å². The number of nitrogens with two attached hydrogens (primary N) is 1. The van der Waals surface area contributed by atoms with Gasteiger partial charge in [-0.3, -0.25) is 0 Å². The van der Waals surface area contributed by atoms with Crippen LogP contribution in [-0.4, -0.2) is 13.2 Å². The van der Waals surface area contributed by atoms with Gasteiger partial charge in [0.1, 0.15) is 0 Å². The molecule has 0 saturated heterocycles. The predicted molar refractivity (Wildman–Crippen MR) is 66.1 cm³/mol. The summed E-state index contributed by atoms with van der Waals surface area (Å²) in [6.07, 6.45) is -0.562. The molecule has 0 heterocycles. The van der Waals surface area contributed by atoms with Crippen LogP contribution in [-0.2, 0) is 15.3 Å². The molecule has 94 valence electrons. The molecular formula is C11H13Cl2NO3.